The minimum Gasteiger partial charge on any atom is -0.422 e. The fraction of sp³-hybridized carbons (Fsp3) is 0.0345. The van der Waals surface area contributed by atoms with E-state index >= 15 is 0 Å². The number of para-hydroxylation sites is 1. The predicted octanol–water partition coefficient (Wildman–Crippen LogP) is 5.88. The van der Waals surface area contributed by atoms with Crippen molar-refractivity contribution in [1.29, 1.82) is 0 Å². The van der Waals surface area contributed by atoms with Crippen LogP contribution in [0.2, 0.25) is 5.02 Å². The molecule has 2 amide bonds. The molecule has 0 aliphatic carbocycles. The summed E-state index contributed by atoms with van der Waals surface area (Å²) < 4.78 is 5.52. The van der Waals surface area contributed by atoms with E-state index in [4.69, 9.17) is 16.3 Å². The molecule has 0 radical (unpaired) electrons. The van der Waals surface area contributed by atoms with Gasteiger partial charge in [0.25, 0.3) is 11.8 Å². The maximum atomic E-state index is 12.6. The van der Waals surface area contributed by atoms with Crippen molar-refractivity contribution >= 4 is 41.3 Å². The first kappa shape index (κ1) is 25.3. The molecule has 8 heteroatoms. The van der Waals surface area contributed by atoms with Crippen LogP contribution < -0.4 is 15.5 Å². The van der Waals surface area contributed by atoms with Gasteiger partial charge in [-0.1, -0.05) is 47.5 Å². The monoisotopic (exact) mass is 511 g/mol. The summed E-state index contributed by atoms with van der Waals surface area (Å²) in [6.07, 6.45) is 1.39. The molecule has 37 heavy (non-hydrogen) atoms. The highest BCUT2D eigenvalue weighted by Crippen LogP contribution is 2.18. The number of rotatable bonds is 7. The third kappa shape index (κ3) is 6.90. The zero-order valence-corrected chi connectivity index (χ0v) is 20.5. The number of amides is 2. The smallest absolute Gasteiger partial charge is 0.343 e. The van der Waals surface area contributed by atoms with Crippen LogP contribution in [0.5, 0.6) is 5.75 Å². The van der Waals surface area contributed by atoms with Crippen LogP contribution in [0.15, 0.2) is 102 Å². The van der Waals surface area contributed by atoms with Crippen molar-refractivity contribution in [3.8, 4) is 5.75 Å². The lowest BCUT2D eigenvalue weighted by molar-refractivity contribution is 0.0734. The van der Waals surface area contributed by atoms with E-state index in [1.54, 1.807) is 78.9 Å². The third-order valence-electron chi connectivity index (χ3n) is 5.27. The number of esters is 1. The number of hydrazone groups is 1. The normalized spacial score (nSPS) is 10.6. The van der Waals surface area contributed by atoms with E-state index in [9.17, 15) is 14.4 Å². The van der Waals surface area contributed by atoms with Gasteiger partial charge in [0.2, 0.25) is 0 Å². The lowest BCUT2D eigenvalue weighted by Gasteiger charge is -2.08. The topological polar surface area (TPSA) is 96.9 Å². The molecule has 0 fully saturated rings. The Morgan fingerprint density at radius 2 is 1.49 bits per heavy atom. The number of carbonyl (C=O) groups is 3. The first-order valence-corrected chi connectivity index (χ1v) is 11.6. The standard InChI is InChI=1S/C29H22ClN3O4/c1-19-9-11-21(12-10-19)29(36)37-26-8-3-2-5-23(26)18-31-33-28(35)22-6-4-7-25(17-22)32-27(34)20-13-15-24(30)16-14-20/h2-18H,1H3,(H,32,34)(H,33,35). The number of benzene rings is 4. The minimum absolute atomic E-state index is 0.296. The van der Waals surface area contributed by atoms with Gasteiger partial charge >= 0.3 is 5.97 Å². The molecule has 7 nitrogen and oxygen atoms in total. The van der Waals surface area contributed by atoms with Crippen molar-refractivity contribution in [3.63, 3.8) is 0 Å². The first-order valence-electron chi connectivity index (χ1n) is 11.3. The Balaban J connectivity index is 1.39. The highest BCUT2D eigenvalue weighted by Gasteiger charge is 2.12. The molecule has 0 saturated heterocycles. The second kappa shape index (κ2) is 11.8. The van der Waals surface area contributed by atoms with E-state index in [0.29, 0.717) is 38.7 Å². The number of nitrogens with one attached hydrogen (secondary N) is 2. The Morgan fingerprint density at radius 1 is 0.784 bits per heavy atom. The van der Waals surface area contributed by atoms with Crippen molar-refractivity contribution in [2.24, 2.45) is 5.10 Å². The van der Waals surface area contributed by atoms with Gasteiger partial charge < -0.3 is 10.1 Å². The number of carbonyl (C=O) groups excluding carboxylic acids is 3. The molecule has 0 aromatic heterocycles. The summed E-state index contributed by atoms with van der Waals surface area (Å²) in [5.74, 6) is -1.00. The van der Waals surface area contributed by atoms with Crippen LogP contribution in [0.25, 0.3) is 0 Å². The molecule has 184 valence electrons. The summed E-state index contributed by atoms with van der Waals surface area (Å²) in [5.41, 5.74) is 5.60. The summed E-state index contributed by atoms with van der Waals surface area (Å²) in [6, 6.07) is 26.8. The number of nitrogens with zero attached hydrogens (tertiary/aromatic N) is 1. The Kier molecular flexibility index (Phi) is 8.08. The van der Waals surface area contributed by atoms with Crippen molar-refractivity contribution in [2.75, 3.05) is 5.32 Å². The summed E-state index contributed by atoms with van der Waals surface area (Å²) in [6.45, 7) is 1.93. The summed E-state index contributed by atoms with van der Waals surface area (Å²) in [7, 11) is 0. The number of anilines is 1. The van der Waals surface area contributed by atoms with Gasteiger partial charge in [0, 0.05) is 27.4 Å². The Morgan fingerprint density at radius 3 is 2.24 bits per heavy atom. The molecule has 2 N–H and O–H groups in total. The molecule has 0 aliphatic heterocycles. The number of hydrogen-bond donors (Lipinski definition) is 2. The lowest BCUT2D eigenvalue weighted by atomic mass is 10.1. The molecule has 0 bridgehead atoms. The van der Waals surface area contributed by atoms with E-state index in [2.05, 4.69) is 15.8 Å². The SMILES string of the molecule is Cc1ccc(C(=O)Oc2ccccc2C=NNC(=O)c2cccc(NC(=O)c3ccc(Cl)cc3)c2)cc1. The minimum atomic E-state index is -0.498. The molecular formula is C29H22ClN3O4. The van der Waals surface area contributed by atoms with Crippen LogP contribution in [0.1, 0.15) is 42.2 Å². The quantitative estimate of drug-likeness (QED) is 0.140. The van der Waals surface area contributed by atoms with Crippen LogP contribution in [0.4, 0.5) is 5.69 Å². The molecular weight excluding hydrogens is 490 g/mol. The fourth-order valence-corrected chi connectivity index (χ4v) is 3.42. The largest absolute Gasteiger partial charge is 0.422 e. The van der Waals surface area contributed by atoms with Crippen molar-refractivity contribution in [3.05, 3.63) is 130 Å². The van der Waals surface area contributed by atoms with Crippen molar-refractivity contribution in [1.82, 2.24) is 5.43 Å². The van der Waals surface area contributed by atoms with Gasteiger partial charge in [-0.2, -0.15) is 5.10 Å². The summed E-state index contributed by atoms with van der Waals surface area (Å²) >= 11 is 5.86. The molecule has 0 saturated carbocycles. The predicted molar refractivity (Wildman–Crippen MR) is 143 cm³/mol. The Bertz CT molecular complexity index is 1470. The number of aryl methyl sites for hydroxylation is 1. The van der Waals surface area contributed by atoms with Crippen LogP contribution in [0.3, 0.4) is 0 Å². The van der Waals surface area contributed by atoms with Crippen LogP contribution >= 0.6 is 11.6 Å². The van der Waals surface area contributed by atoms with Crippen molar-refractivity contribution < 1.29 is 19.1 Å². The van der Waals surface area contributed by atoms with E-state index in [-0.39, 0.29) is 5.91 Å². The van der Waals surface area contributed by atoms with E-state index in [0.717, 1.165) is 5.56 Å². The second-order valence-electron chi connectivity index (χ2n) is 8.03. The number of hydrogen-bond acceptors (Lipinski definition) is 5. The second-order valence-corrected chi connectivity index (χ2v) is 8.47. The number of halogens is 1. The zero-order valence-electron chi connectivity index (χ0n) is 19.8. The zero-order chi connectivity index (χ0) is 26.2. The molecule has 4 aromatic carbocycles. The van der Waals surface area contributed by atoms with Crippen LogP contribution in [0, 0.1) is 6.92 Å². The maximum absolute atomic E-state index is 12.6. The maximum Gasteiger partial charge on any atom is 0.343 e. The fourth-order valence-electron chi connectivity index (χ4n) is 3.30. The Hall–Kier alpha value is -4.75. The number of ether oxygens (including phenoxy) is 1. The van der Waals surface area contributed by atoms with Gasteiger partial charge in [0.05, 0.1) is 11.8 Å². The van der Waals surface area contributed by atoms with Gasteiger partial charge in [-0.15, -0.1) is 0 Å². The summed E-state index contributed by atoms with van der Waals surface area (Å²) in [4.78, 5) is 37.5. The molecule has 0 spiro atoms. The molecule has 0 heterocycles. The Labute approximate surface area is 218 Å². The highest BCUT2D eigenvalue weighted by molar-refractivity contribution is 6.30. The molecule has 4 aromatic rings. The average Bonchev–Trinajstić information content (AvgIpc) is 2.90. The van der Waals surface area contributed by atoms with Crippen molar-refractivity contribution in [2.45, 2.75) is 6.92 Å². The molecule has 0 atom stereocenters. The molecule has 4 rings (SSSR count). The van der Waals surface area contributed by atoms with Gasteiger partial charge in [-0.25, -0.2) is 10.2 Å². The lowest BCUT2D eigenvalue weighted by Crippen LogP contribution is -2.18. The van der Waals surface area contributed by atoms with Crippen LogP contribution in [-0.4, -0.2) is 24.0 Å². The summed E-state index contributed by atoms with van der Waals surface area (Å²) in [5, 5.41) is 7.28. The molecule has 0 aliphatic rings. The highest BCUT2D eigenvalue weighted by atomic mass is 35.5. The van der Waals surface area contributed by atoms with E-state index < -0.39 is 11.9 Å². The van der Waals surface area contributed by atoms with E-state index in [1.165, 1.54) is 12.3 Å². The van der Waals surface area contributed by atoms with E-state index in [1.807, 2.05) is 19.1 Å². The first-order chi connectivity index (χ1) is 17.9. The van der Waals surface area contributed by atoms with Gasteiger partial charge in [-0.3, -0.25) is 9.59 Å². The van der Waals surface area contributed by atoms with Crippen LogP contribution in [-0.2, 0) is 0 Å². The molecule has 0 unspecified atom stereocenters. The van der Waals surface area contributed by atoms with Gasteiger partial charge in [-0.05, 0) is 73.7 Å². The third-order valence-corrected chi connectivity index (χ3v) is 5.52. The van der Waals surface area contributed by atoms with Gasteiger partial charge in [0.1, 0.15) is 5.75 Å². The van der Waals surface area contributed by atoms with Gasteiger partial charge in [0.15, 0.2) is 0 Å². The average molecular weight is 512 g/mol.